The molecule has 0 atom stereocenters. The van der Waals surface area contributed by atoms with Crippen molar-refractivity contribution in [3.63, 3.8) is 0 Å². The molecule has 0 saturated heterocycles. The molecule has 0 unspecified atom stereocenters. The number of nitrogens with zero attached hydrogens (tertiary/aromatic N) is 1. The molecule has 0 saturated carbocycles. The van der Waals surface area contributed by atoms with Crippen LogP contribution in [0, 0.1) is 5.92 Å². The second kappa shape index (κ2) is 7.50. The standard InChI is InChI=1S/C20H28N4O2/c1-13(2)12-26-15-7-5-14(6-8-15)20(3,4)22-19(25)18-16-11-21-10-9-17(16)23-24-18/h5-8,13,21H,9-12H2,1-4H3,(H,22,25)(H,23,24). The van der Waals surface area contributed by atoms with Crippen molar-refractivity contribution in [2.45, 2.75) is 46.2 Å². The first-order valence-electron chi connectivity index (χ1n) is 9.19. The van der Waals surface area contributed by atoms with Crippen LogP contribution in [0.2, 0.25) is 0 Å². The lowest BCUT2D eigenvalue weighted by Crippen LogP contribution is -2.41. The molecule has 1 aromatic carbocycles. The molecule has 6 heteroatoms. The zero-order chi connectivity index (χ0) is 18.7. The molecule has 1 aliphatic rings. The predicted octanol–water partition coefficient (Wildman–Crippen LogP) is 2.76. The van der Waals surface area contributed by atoms with Crippen LogP contribution >= 0.6 is 0 Å². The van der Waals surface area contributed by atoms with Gasteiger partial charge >= 0.3 is 0 Å². The molecule has 3 N–H and O–H groups in total. The van der Waals surface area contributed by atoms with E-state index in [4.69, 9.17) is 4.74 Å². The highest BCUT2D eigenvalue weighted by molar-refractivity contribution is 5.94. The van der Waals surface area contributed by atoms with Gasteiger partial charge in [-0.25, -0.2) is 0 Å². The lowest BCUT2D eigenvalue weighted by atomic mass is 9.93. The van der Waals surface area contributed by atoms with Crippen molar-refractivity contribution >= 4 is 5.91 Å². The third-order valence-electron chi connectivity index (χ3n) is 4.61. The number of amides is 1. The van der Waals surface area contributed by atoms with E-state index in [-0.39, 0.29) is 5.91 Å². The molecular weight excluding hydrogens is 328 g/mol. The summed E-state index contributed by atoms with van der Waals surface area (Å²) in [6, 6.07) is 7.90. The average molecular weight is 356 g/mol. The predicted molar refractivity (Wildman–Crippen MR) is 101 cm³/mol. The van der Waals surface area contributed by atoms with Crippen LogP contribution in [0.1, 0.15) is 55.0 Å². The number of benzene rings is 1. The van der Waals surface area contributed by atoms with E-state index in [1.54, 1.807) is 0 Å². The molecule has 1 aliphatic heterocycles. The number of ether oxygens (including phenoxy) is 1. The smallest absolute Gasteiger partial charge is 0.272 e. The number of aromatic nitrogens is 2. The lowest BCUT2D eigenvalue weighted by Gasteiger charge is -2.27. The molecule has 0 bridgehead atoms. The molecule has 0 radical (unpaired) electrons. The van der Waals surface area contributed by atoms with Gasteiger partial charge in [0, 0.05) is 30.8 Å². The van der Waals surface area contributed by atoms with Crippen LogP contribution < -0.4 is 15.4 Å². The fraction of sp³-hybridized carbons (Fsp3) is 0.500. The van der Waals surface area contributed by atoms with Crippen LogP contribution in [0.15, 0.2) is 24.3 Å². The first-order chi connectivity index (χ1) is 12.4. The summed E-state index contributed by atoms with van der Waals surface area (Å²) in [5, 5.41) is 13.6. The third kappa shape index (κ3) is 4.07. The van der Waals surface area contributed by atoms with Crippen LogP contribution in [0.25, 0.3) is 0 Å². The maximum Gasteiger partial charge on any atom is 0.272 e. The first kappa shape index (κ1) is 18.5. The summed E-state index contributed by atoms with van der Waals surface area (Å²) >= 11 is 0. The number of aromatic amines is 1. The summed E-state index contributed by atoms with van der Waals surface area (Å²) in [4.78, 5) is 12.8. The van der Waals surface area contributed by atoms with Crippen molar-refractivity contribution in [2.24, 2.45) is 5.92 Å². The van der Waals surface area contributed by atoms with Gasteiger partial charge in [-0.2, -0.15) is 5.10 Å². The molecule has 3 rings (SSSR count). The van der Waals surface area contributed by atoms with Gasteiger partial charge in [-0.05, 0) is 37.5 Å². The van der Waals surface area contributed by atoms with E-state index >= 15 is 0 Å². The van der Waals surface area contributed by atoms with E-state index in [0.29, 0.717) is 24.8 Å². The molecule has 0 fully saturated rings. The average Bonchev–Trinajstić information content (AvgIpc) is 3.04. The van der Waals surface area contributed by atoms with Crippen LogP contribution in [0.5, 0.6) is 5.75 Å². The van der Waals surface area contributed by atoms with Gasteiger partial charge in [0.2, 0.25) is 0 Å². The molecule has 1 aromatic heterocycles. The number of carbonyl (C=O) groups is 1. The molecule has 0 aliphatic carbocycles. The Labute approximate surface area is 154 Å². The molecule has 2 aromatic rings. The summed E-state index contributed by atoms with van der Waals surface area (Å²) in [7, 11) is 0. The van der Waals surface area contributed by atoms with E-state index in [1.165, 1.54) is 0 Å². The van der Waals surface area contributed by atoms with Crippen molar-refractivity contribution in [2.75, 3.05) is 13.2 Å². The van der Waals surface area contributed by atoms with Crippen molar-refractivity contribution in [3.8, 4) is 5.75 Å². The Morgan fingerprint density at radius 1 is 1.31 bits per heavy atom. The number of hydrogen-bond donors (Lipinski definition) is 3. The van der Waals surface area contributed by atoms with E-state index in [0.717, 1.165) is 35.5 Å². The normalized spacial score (nSPS) is 14.2. The second-order valence-electron chi connectivity index (χ2n) is 7.76. The van der Waals surface area contributed by atoms with Gasteiger partial charge < -0.3 is 15.4 Å². The minimum absolute atomic E-state index is 0.156. The highest BCUT2D eigenvalue weighted by Gasteiger charge is 2.28. The van der Waals surface area contributed by atoms with Crippen molar-refractivity contribution in [1.82, 2.24) is 20.8 Å². The van der Waals surface area contributed by atoms with Crippen molar-refractivity contribution in [3.05, 3.63) is 46.8 Å². The molecular formula is C20H28N4O2. The third-order valence-corrected chi connectivity index (χ3v) is 4.61. The Bertz CT molecular complexity index is 763. The van der Waals surface area contributed by atoms with Crippen molar-refractivity contribution < 1.29 is 9.53 Å². The molecule has 1 amide bonds. The van der Waals surface area contributed by atoms with Crippen molar-refractivity contribution in [1.29, 1.82) is 0 Å². The van der Waals surface area contributed by atoms with Crippen LogP contribution in [0.3, 0.4) is 0 Å². The lowest BCUT2D eigenvalue weighted by molar-refractivity contribution is 0.0905. The first-order valence-corrected chi connectivity index (χ1v) is 9.19. The van der Waals surface area contributed by atoms with E-state index in [9.17, 15) is 4.79 Å². The molecule has 2 heterocycles. The number of nitrogens with one attached hydrogen (secondary N) is 3. The highest BCUT2D eigenvalue weighted by atomic mass is 16.5. The summed E-state index contributed by atoms with van der Waals surface area (Å²) in [5.41, 5.74) is 3.02. The Balaban J connectivity index is 1.70. The second-order valence-corrected chi connectivity index (χ2v) is 7.76. The minimum atomic E-state index is -0.512. The highest BCUT2D eigenvalue weighted by Crippen LogP contribution is 2.24. The van der Waals surface area contributed by atoms with Gasteiger partial charge in [-0.15, -0.1) is 0 Å². The maximum absolute atomic E-state index is 12.8. The quantitative estimate of drug-likeness (QED) is 0.744. The largest absolute Gasteiger partial charge is 0.493 e. The molecule has 140 valence electrons. The Morgan fingerprint density at radius 2 is 2.04 bits per heavy atom. The van der Waals surface area contributed by atoms with Gasteiger partial charge in [0.05, 0.1) is 12.1 Å². The summed E-state index contributed by atoms with van der Waals surface area (Å²) < 4.78 is 5.73. The van der Waals surface area contributed by atoms with Crippen LogP contribution in [-0.2, 0) is 18.5 Å². The SMILES string of the molecule is CC(C)COc1ccc(C(C)(C)NC(=O)c2n[nH]c3c2CNCC3)cc1. The molecule has 26 heavy (non-hydrogen) atoms. The summed E-state index contributed by atoms with van der Waals surface area (Å²) in [6.45, 7) is 10.5. The topological polar surface area (TPSA) is 79.0 Å². The van der Waals surface area contributed by atoms with E-state index in [1.807, 2.05) is 38.1 Å². The zero-order valence-electron chi connectivity index (χ0n) is 16.0. The number of hydrogen-bond acceptors (Lipinski definition) is 4. The van der Waals surface area contributed by atoms with Gasteiger partial charge in [-0.3, -0.25) is 9.89 Å². The van der Waals surface area contributed by atoms with Gasteiger partial charge in [0.25, 0.3) is 5.91 Å². The maximum atomic E-state index is 12.8. The number of H-pyrrole nitrogens is 1. The number of rotatable bonds is 6. The fourth-order valence-electron chi connectivity index (χ4n) is 3.06. The monoisotopic (exact) mass is 356 g/mol. The molecule has 0 spiro atoms. The Morgan fingerprint density at radius 3 is 2.73 bits per heavy atom. The van der Waals surface area contributed by atoms with Gasteiger partial charge in [0.1, 0.15) is 5.75 Å². The Hall–Kier alpha value is -2.34. The van der Waals surface area contributed by atoms with Gasteiger partial charge in [-0.1, -0.05) is 26.0 Å². The van der Waals surface area contributed by atoms with Gasteiger partial charge in [0.15, 0.2) is 5.69 Å². The summed E-state index contributed by atoms with van der Waals surface area (Å²) in [5.74, 6) is 1.17. The van der Waals surface area contributed by atoms with E-state index < -0.39 is 5.54 Å². The number of fused-ring (bicyclic) bond motifs is 1. The number of carbonyl (C=O) groups excluding carboxylic acids is 1. The summed E-state index contributed by atoms with van der Waals surface area (Å²) in [6.07, 6.45) is 0.872. The minimum Gasteiger partial charge on any atom is -0.493 e. The fourth-order valence-corrected chi connectivity index (χ4v) is 3.06. The van der Waals surface area contributed by atoms with Crippen LogP contribution in [-0.4, -0.2) is 29.3 Å². The van der Waals surface area contributed by atoms with E-state index in [2.05, 4.69) is 34.7 Å². The molecule has 6 nitrogen and oxygen atoms in total. The van der Waals surface area contributed by atoms with Crippen LogP contribution in [0.4, 0.5) is 0 Å². The zero-order valence-corrected chi connectivity index (χ0v) is 16.0. The Kier molecular flexibility index (Phi) is 5.32.